The van der Waals surface area contributed by atoms with Gasteiger partial charge in [0.25, 0.3) is 5.69 Å². The fourth-order valence-corrected chi connectivity index (χ4v) is 3.58. The number of nitro benzene ring substituents is 1. The number of non-ortho nitro benzene ring substituents is 1. The number of aromatic nitrogens is 2. The predicted molar refractivity (Wildman–Crippen MR) is 109 cm³/mol. The van der Waals surface area contributed by atoms with Gasteiger partial charge in [0.2, 0.25) is 5.13 Å². The van der Waals surface area contributed by atoms with Gasteiger partial charge in [-0.1, -0.05) is 22.9 Å². The molecule has 0 unspecified atom stereocenters. The molecule has 11 heteroatoms. The first kappa shape index (κ1) is 18.8. The third kappa shape index (κ3) is 3.75. The summed E-state index contributed by atoms with van der Waals surface area (Å²) in [5, 5.41) is 23.7. The van der Waals surface area contributed by atoms with E-state index in [1.165, 1.54) is 31.4 Å². The van der Waals surface area contributed by atoms with Crippen molar-refractivity contribution in [3.05, 3.63) is 68.0 Å². The molecule has 0 aliphatic carbocycles. The zero-order valence-corrected chi connectivity index (χ0v) is 16.3. The van der Waals surface area contributed by atoms with E-state index in [2.05, 4.69) is 15.5 Å². The summed E-state index contributed by atoms with van der Waals surface area (Å²) >= 11 is 7.14. The van der Waals surface area contributed by atoms with Crippen LogP contribution in [-0.4, -0.2) is 22.2 Å². The number of hydrogen-bond acceptors (Lipinski definition) is 9. The van der Waals surface area contributed by atoms with E-state index in [1.807, 2.05) is 0 Å². The second-order valence-electron chi connectivity index (χ2n) is 5.81. The average molecular weight is 431 g/mol. The van der Waals surface area contributed by atoms with Crippen molar-refractivity contribution in [1.29, 1.82) is 0 Å². The Kier molecular flexibility index (Phi) is 4.87. The molecule has 2 heterocycles. The van der Waals surface area contributed by atoms with E-state index < -0.39 is 10.5 Å². The van der Waals surface area contributed by atoms with Crippen LogP contribution in [0.3, 0.4) is 0 Å². The summed E-state index contributed by atoms with van der Waals surface area (Å²) in [4.78, 5) is 22.8. The van der Waals surface area contributed by atoms with Gasteiger partial charge in [-0.05, 0) is 30.3 Å². The molecule has 0 amide bonds. The lowest BCUT2D eigenvalue weighted by molar-refractivity contribution is -0.384. The van der Waals surface area contributed by atoms with Crippen molar-refractivity contribution in [2.45, 2.75) is 0 Å². The number of benzene rings is 2. The van der Waals surface area contributed by atoms with E-state index in [9.17, 15) is 14.9 Å². The molecule has 0 atom stereocenters. The minimum atomic E-state index is -0.616. The van der Waals surface area contributed by atoms with Crippen LogP contribution in [0.5, 0.6) is 5.75 Å². The molecule has 146 valence electrons. The van der Waals surface area contributed by atoms with Gasteiger partial charge >= 0.3 is 5.63 Å². The minimum absolute atomic E-state index is 0.107. The highest BCUT2D eigenvalue weighted by atomic mass is 35.5. The minimum Gasteiger partial charge on any atom is -0.495 e. The van der Waals surface area contributed by atoms with Crippen LogP contribution in [0.4, 0.5) is 16.5 Å². The van der Waals surface area contributed by atoms with Crippen molar-refractivity contribution >= 4 is 50.4 Å². The van der Waals surface area contributed by atoms with Gasteiger partial charge < -0.3 is 14.5 Å². The summed E-state index contributed by atoms with van der Waals surface area (Å²) in [5.41, 5.74) is 0.265. The first-order valence-electron chi connectivity index (χ1n) is 8.11. The number of hydrogen-bond donors (Lipinski definition) is 1. The molecular weight excluding hydrogens is 420 g/mol. The molecular formula is C18H11ClN4O5S. The van der Waals surface area contributed by atoms with Crippen molar-refractivity contribution < 1.29 is 14.1 Å². The van der Waals surface area contributed by atoms with Crippen LogP contribution in [0.25, 0.3) is 21.5 Å². The van der Waals surface area contributed by atoms with Crippen molar-refractivity contribution in [2.75, 3.05) is 12.4 Å². The van der Waals surface area contributed by atoms with E-state index in [4.69, 9.17) is 20.8 Å². The standard InChI is InChI=1S/C18H11ClN4O5S/c1-27-15-4-2-10(19)8-13(15)20-18-22-21-16(29-18)12-7-9-6-11(23(25)26)3-5-14(9)28-17(12)24/h2-8H,1H3,(H,20,22). The molecule has 0 saturated heterocycles. The highest BCUT2D eigenvalue weighted by molar-refractivity contribution is 7.18. The van der Waals surface area contributed by atoms with E-state index in [1.54, 1.807) is 18.2 Å². The van der Waals surface area contributed by atoms with E-state index in [0.29, 0.717) is 32.0 Å². The molecule has 0 aliphatic rings. The van der Waals surface area contributed by atoms with Crippen LogP contribution in [0, 0.1) is 10.1 Å². The Balaban J connectivity index is 1.71. The maximum atomic E-state index is 12.3. The van der Waals surface area contributed by atoms with Gasteiger partial charge in [0.15, 0.2) is 5.01 Å². The van der Waals surface area contributed by atoms with Crippen LogP contribution in [0.15, 0.2) is 51.7 Å². The Bertz CT molecular complexity index is 1300. The second kappa shape index (κ2) is 7.49. The van der Waals surface area contributed by atoms with E-state index >= 15 is 0 Å². The number of nitrogens with one attached hydrogen (secondary N) is 1. The lowest BCUT2D eigenvalue weighted by Gasteiger charge is -2.08. The largest absolute Gasteiger partial charge is 0.495 e. The van der Waals surface area contributed by atoms with Gasteiger partial charge in [0, 0.05) is 22.5 Å². The van der Waals surface area contributed by atoms with Gasteiger partial charge in [-0.2, -0.15) is 0 Å². The van der Waals surface area contributed by atoms with Crippen LogP contribution in [0.2, 0.25) is 5.02 Å². The van der Waals surface area contributed by atoms with Gasteiger partial charge in [-0.3, -0.25) is 10.1 Å². The Morgan fingerprint density at radius 3 is 2.79 bits per heavy atom. The van der Waals surface area contributed by atoms with Gasteiger partial charge in [-0.25, -0.2) is 4.79 Å². The molecule has 29 heavy (non-hydrogen) atoms. The van der Waals surface area contributed by atoms with E-state index in [0.717, 1.165) is 11.3 Å². The van der Waals surface area contributed by atoms with Crippen molar-refractivity contribution in [3.63, 3.8) is 0 Å². The molecule has 0 spiro atoms. The maximum Gasteiger partial charge on any atom is 0.346 e. The van der Waals surface area contributed by atoms with Crippen LogP contribution < -0.4 is 15.7 Å². The van der Waals surface area contributed by atoms with Crippen LogP contribution in [-0.2, 0) is 0 Å². The molecule has 0 radical (unpaired) electrons. The summed E-state index contributed by atoms with van der Waals surface area (Å²) in [5.74, 6) is 0.559. The fraction of sp³-hybridized carbons (Fsp3) is 0.0556. The first-order chi connectivity index (χ1) is 13.9. The Morgan fingerprint density at radius 1 is 1.21 bits per heavy atom. The second-order valence-corrected chi connectivity index (χ2v) is 7.22. The molecule has 0 saturated carbocycles. The molecule has 2 aromatic carbocycles. The Labute approximate surface area is 171 Å². The maximum absolute atomic E-state index is 12.3. The Morgan fingerprint density at radius 2 is 2.03 bits per heavy atom. The van der Waals surface area contributed by atoms with Crippen molar-refractivity contribution in [3.8, 4) is 16.3 Å². The average Bonchev–Trinajstić information content (AvgIpc) is 3.15. The summed E-state index contributed by atoms with van der Waals surface area (Å²) in [6.45, 7) is 0. The molecule has 4 aromatic rings. The number of ether oxygens (including phenoxy) is 1. The van der Waals surface area contributed by atoms with Crippen molar-refractivity contribution in [2.24, 2.45) is 0 Å². The number of halogens is 1. The third-order valence-corrected chi connectivity index (χ3v) is 5.09. The number of nitro groups is 1. The van der Waals surface area contributed by atoms with Gasteiger partial charge in [0.1, 0.15) is 11.3 Å². The highest BCUT2D eigenvalue weighted by Gasteiger charge is 2.16. The number of rotatable bonds is 5. The molecule has 2 aromatic heterocycles. The summed E-state index contributed by atoms with van der Waals surface area (Å²) < 4.78 is 10.5. The highest BCUT2D eigenvalue weighted by Crippen LogP contribution is 2.33. The normalized spacial score (nSPS) is 10.8. The zero-order chi connectivity index (χ0) is 20.5. The number of methoxy groups -OCH3 is 1. The third-order valence-electron chi connectivity index (χ3n) is 3.99. The molecule has 0 bridgehead atoms. The molecule has 0 aliphatic heterocycles. The topological polar surface area (TPSA) is 120 Å². The molecule has 1 N–H and O–H groups in total. The number of anilines is 2. The fourth-order valence-electron chi connectivity index (χ4n) is 2.65. The predicted octanol–water partition coefficient (Wildman–Crippen LogP) is 4.63. The quantitative estimate of drug-likeness (QED) is 0.276. The summed E-state index contributed by atoms with van der Waals surface area (Å²) in [6.07, 6.45) is 0. The summed E-state index contributed by atoms with van der Waals surface area (Å²) in [7, 11) is 1.53. The SMILES string of the molecule is COc1ccc(Cl)cc1Nc1nnc(-c2cc3cc([N+](=O)[O-])ccc3oc2=O)s1. The van der Waals surface area contributed by atoms with Gasteiger partial charge in [0.05, 0.1) is 23.3 Å². The van der Waals surface area contributed by atoms with Crippen molar-refractivity contribution in [1.82, 2.24) is 10.2 Å². The molecule has 4 rings (SSSR count). The first-order valence-corrected chi connectivity index (χ1v) is 9.31. The van der Waals surface area contributed by atoms with Gasteiger partial charge in [-0.15, -0.1) is 10.2 Å². The summed E-state index contributed by atoms with van der Waals surface area (Å²) in [6, 6.07) is 10.6. The van der Waals surface area contributed by atoms with E-state index in [-0.39, 0.29) is 16.8 Å². The Hall–Kier alpha value is -3.50. The monoisotopic (exact) mass is 430 g/mol. The smallest absolute Gasteiger partial charge is 0.346 e. The number of fused-ring (bicyclic) bond motifs is 1. The zero-order valence-electron chi connectivity index (χ0n) is 14.7. The lowest BCUT2D eigenvalue weighted by atomic mass is 10.2. The van der Waals surface area contributed by atoms with Crippen LogP contribution in [0.1, 0.15) is 0 Å². The molecule has 9 nitrogen and oxygen atoms in total. The molecule has 0 fully saturated rings. The van der Waals surface area contributed by atoms with Crippen LogP contribution >= 0.6 is 22.9 Å². The lowest BCUT2D eigenvalue weighted by Crippen LogP contribution is -2.02. The number of nitrogens with zero attached hydrogens (tertiary/aromatic N) is 3.